The molecular formula is C14H21ClN4O3. The predicted molar refractivity (Wildman–Crippen MR) is 87.0 cm³/mol. The van der Waals surface area contributed by atoms with Crippen LogP contribution in [0, 0.1) is 16.0 Å². The number of nitrogens with one attached hydrogen (secondary N) is 1. The van der Waals surface area contributed by atoms with E-state index in [-0.39, 0.29) is 47.2 Å². The van der Waals surface area contributed by atoms with Crippen LogP contribution in [0.15, 0.2) is 18.2 Å². The molecule has 1 aliphatic rings. The number of carbonyl (C=O) groups is 1. The molecule has 0 spiro atoms. The van der Waals surface area contributed by atoms with Crippen molar-refractivity contribution in [2.24, 2.45) is 11.7 Å². The SMILES string of the molecule is Cl.NCC1CCCCC1NC(=O)c1ccc(N)c([N+](=O)[O-])c1. The molecular weight excluding hydrogens is 308 g/mol. The van der Waals surface area contributed by atoms with Crippen molar-refractivity contribution in [2.45, 2.75) is 31.7 Å². The smallest absolute Gasteiger partial charge is 0.292 e. The number of anilines is 1. The number of nitrogen functional groups attached to an aromatic ring is 1. The summed E-state index contributed by atoms with van der Waals surface area (Å²) < 4.78 is 0. The molecule has 1 amide bonds. The number of nitro groups is 1. The van der Waals surface area contributed by atoms with Crippen LogP contribution in [0.25, 0.3) is 0 Å². The molecule has 1 aromatic carbocycles. The van der Waals surface area contributed by atoms with E-state index in [9.17, 15) is 14.9 Å². The molecule has 1 aliphatic carbocycles. The number of hydrogen-bond donors (Lipinski definition) is 3. The summed E-state index contributed by atoms with van der Waals surface area (Å²) in [4.78, 5) is 22.5. The minimum atomic E-state index is -0.588. The van der Waals surface area contributed by atoms with Crippen LogP contribution in [0.3, 0.4) is 0 Å². The van der Waals surface area contributed by atoms with Gasteiger partial charge in [0.05, 0.1) is 4.92 Å². The molecule has 1 aromatic rings. The summed E-state index contributed by atoms with van der Waals surface area (Å²) in [6.07, 6.45) is 4.08. The Morgan fingerprint density at radius 3 is 2.68 bits per heavy atom. The molecule has 2 atom stereocenters. The zero-order chi connectivity index (χ0) is 15.4. The van der Waals surface area contributed by atoms with Crippen LogP contribution in [-0.4, -0.2) is 23.4 Å². The fourth-order valence-corrected chi connectivity index (χ4v) is 2.77. The minimum Gasteiger partial charge on any atom is -0.393 e. The number of hydrogen-bond acceptors (Lipinski definition) is 5. The van der Waals surface area contributed by atoms with Gasteiger partial charge in [0.15, 0.2) is 0 Å². The molecule has 0 bridgehead atoms. The van der Waals surface area contributed by atoms with E-state index in [4.69, 9.17) is 11.5 Å². The lowest BCUT2D eigenvalue weighted by Crippen LogP contribution is -2.44. The van der Waals surface area contributed by atoms with Crippen LogP contribution in [0.2, 0.25) is 0 Å². The second-order valence-corrected chi connectivity index (χ2v) is 5.39. The van der Waals surface area contributed by atoms with E-state index < -0.39 is 4.92 Å². The first kappa shape index (κ1) is 18.2. The van der Waals surface area contributed by atoms with Crippen molar-refractivity contribution in [1.82, 2.24) is 5.32 Å². The maximum absolute atomic E-state index is 12.2. The van der Waals surface area contributed by atoms with Crippen molar-refractivity contribution >= 4 is 29.7 Å². The summed E-state index contributed by atoms with van der Waals surface area (Å²) in [5.74, 6) is -0.0464. The van der Waals surface area contributed by atoms with Crippen LogP contribution in [-0.2, 0) is 0 Å². The Kier molecular flexibility index (Phi) is 6.58. The van der Waals surface area contributed by atoms with Crippen LogP contribution >= 0.6 is 12.4 Å². The summed E-state index contributed by atoms with van der Waals surface area (Å²) >= 11 is 0. The molecule has 7 nitrogen and oxygen atoms in total. The molecule has 1 fully saturated rings. The third kappa shape index (κ3) is 4.08. The van der Waals surface area contributed by atoms with Gasteiger partial charge in [0.2, 0.25) is 0 Å². The third-order valence-corrected chi connectivity index (χ3v) is 4.02. The lowest BCUT2D eigenvalue weighted by molar-refractivity contribution is -0.383. The average Bonchev–Trinajstić information content (AvgIpc) is 2.47. The molecule has 8 heteroatoms. The standard InChI is InChI=1S/C14H20N4O3.ClH/c15-8-10-3-1-2-4-12(10)17-14(19)9-5-6-11(16)13(7-9)18(20)21;/h5-7,10,12H,1-4,8,15-16H2,(H,17,19);1H. The van der Waals surface area contributed by atoms with Crippen molar-refractivity contribution in [3.63, 3.8) is 0 Å². The van der Waals surface area contributed by atoms with Gasteiger partial charge in [0.25, 0.3) is 11.6 Å². The number of carbonyl (C=O) groups excluding carboxylic acids is 1. The summed E-state index contributed by atoms with van der Waals surface area (Å²) in [5, 5.41) is 13.8. The number of benzene rings is 1. The molecule has 0 heterocycles. The van der Waals surface area contributed by atoms with Gasteiger partial charge in [0, 0.05) is 17.7 Å². The fraction of sp³-hybridized carbons (Fsp3) is 0.500. The molecule has 2 unspecified atom stereocenters. The molecule has 0 radical (unpaired) electrons. The van der Waals surface area contributed by atoms with Gasteiger partial charge in [-0.3, -0.25) is 14.9 Å². The van der Waals surface area contributed by atoms with E-state index in [1.165, 1.54) is 18.2 Å². The average molecular weight is 329 g/mol. The number of rotatable bonds is 4. The Balaban J connectivity index is 0.00000242. The normalized spacial score (nSPS) is 20.8. The molecule has 0 saturated heterocycles. The van der Waals surface area contributed by atoms with Gasteiger partial charge in [0.1, 0.15) is 5.69 Å². The minimum absolute atomic E-state index is 0. The molecule has 122 valence electrons. The van der Waals surface area contributed by atoms with E-state index >= 15 is 0 Å². The van der Waals surface area contributed by atoms with Crippen molar-refractivity contribution in [2.75, 3.05) is 12.3 Å². The van der Waals surface area contributed by atoms with Crippen LogP contribution < -0.4 is 16.8 Å². The van der Waals surface area contributed by atoms with E-state index in [1.54, 1.807) is 0 Å². The monoisotopic (exact) mass is 328 g/mol. The zero-order valence-electron chi connectivity index (χ0n) is 12.2. The van der Waals surface area contributed by atoms with Crippen LogP contribution in [0.4, 0.5) is 11.4 Å². The Morgan fingerprint density at radius 1 is 1.36 bits per heavy atom. The van der Waals surface area contributed by atoms with Crippen molar-refractivity contribution in [3.8, 4) is 0 Å². The topological polar surface area (TPSA) is 124 Å². The quantitative estimate of drug-likeness (QED) is 0.442. The van der Waals surface area contributed by atoms with Gasteiger partial charge in [-0.25, -0.2) is 0 Å². The third-order valence-electron chi connectivity index (χ3n) is 4.02. The Hall–Kier alpha value is -1.86. The van der Waals surface area contributed by atoms with E-state index in [2.05, 4.69) is 5.32 Å². The summed E-state index contributed by atoms with van der Waals surface area (Å²) in [7, 11) is 0. The summed E-state index contributed by atoms with van der Waals surface area (Å²) in [6, 6.07) is 4.13. The van der Waals surface area contributed by atoms with E-state index in [1.807, 2.05) is 0 Å². The summed E-state index contributed by atoms with van der Waals surface area (Å²) in [5.41, 5.74) is 11.3. The largest absolute Gasteiger partial charge is 0.393 e. The fourth-order valence-electron chi connectivity index (χ4n) is 2.77. The predicted octanol–water partition coefficient (Wildman–Crippen LogP) is 1.85. The zero-order valence-corrected chi connectivity index (χ0v) is 13.0. The van der Waals surface area contributed by atoms with Gasteiger partial charge < -0.3 is 16.8 Å². The first-order chi connectivity index (χ1) is 10.0. The van der Waals surface area contributed by atoms with E-state index in [0.29, 0.717) is 6.54 Å². The first-order valence-electron chi connectivity index (χ1n) is 7.07. The van der Waals surface area contributed by atoms with Crippen molar-refractivity contribution in [1.29, 1.82) is 0 Å². The van der Waals surface area contributed by atoms with Gasteiger partial charge in [-0.05, 0) is 37.4 Å². The van der Waals surface area contributed by atoms with Crippen LogP contribution in [0.5, 0.6) is 0 Å². The number of nitrogens with two attached hydrogens (primary N) is 2. The van der Waals surface area contributed by atoms with Gasteiger partial charge >= 0.3 is 0 Å². The highest BCUT2D eigenvalue weighted by Crippen LogP contribution is 2.25. The molecule has 22 heavy (non-hydrogen) atoms. The van der Waals surface area contributed by atoms with Gasteiger partial charge in [-0.15, -0.1) is 12.4 Å². The lowest BCUT2D eigenvalue weighted by Gasteiger charge is -2.31. The maximum Gasteiger partial charge on any atom is 0.292 e. The Labute approximate surface area is 135 Å². The highest BCUT2D eigenvalue weighted by atomic mass is 35.5. The van der Waals surface area contributed by atoms with Crippen molar-refractivity contribution < 1.29 is 9.72 Å². The highest BCUT2D eigenvalue weighted by molar-refractivity contribution is 5.95. The molecule has 0 aromatic heterocycles. The number of nitro benzene ring substituents is 1. The highest BCUT2D eigenvalue weighted by Gasteiger charge is 2.26. The molecule has 1 saturated carbocycles. The van der Waals surface area contributed by atoms with Gasteiger partial charge in [-0.2, -0.15) is 0 Å². The van der Waals surface area contributed by atoms with Gasteiger partial charge in [-0.1, -0.05) is 12.8 Å². The maximum atomic E-state index is 12.2. The number of halogens is 1. The Bertz CT molecular complexity index is 553. The lowest BCUT2D eigenvalue weighted by atomic mass is 9.84. The molecule has 2 rings (SSSR count). The first-order valence-corrected chi connectivity index (χ1v) is 7.07. The number of amides is 1. The second kappa shape index (κ2) is 7.95. The van der Waals surface area contributed by atoms with Crippen LogP contribution in [0.1, 0.15) is 36.0 Å². The van der Waals surface area contributed by atoms with E-state index in [0.717, 1.165) is 25.7 Å². The van der Waals surface area contributed by atoms with Crippen molar-refractivity contribution in [3.05, 3.63) is 33.9 Å². The summed E-state index contributed by atoms with van der Waals surface area (Å²) in [6.45, 7) is 0.535. The second-order valence-electron chi connectivity index (χ2n) is 5.39. The molecule has 0 aliphatic heterocycles. The Morgan fingerprint density at radius 2 is 2.05 bits per heavy atom. The number of nitrogens with zero attached hydrogens (tertiary/aromatic N) is 1. The molecule has 5 N–H and O–H groups in total.